The fourth-order valence-electron chi connectivity index (χ4n) is 0.883. The fraction of sp³-hybridized carbons (Fsp3) is 0.125. The third-order valence-corrected chi connectivity index (χ3v) is 1.96. The molecule has 64 valence electrons. The monoisotopic (exact) mass is 184 g/mol. The smallest absolute Gasteiger partial charge is 0.307 e. The van der Waals surface area contributed by atoms with Gasteiger partial charge in [-0.25, -0.2) is 0 Å². The summed E-state index contributed by atoms with van der Waals surface area (Å²) < 4.78 is 0. The van der Waals surface area contributed by atoms with Crippen molar-refractivity contribution in [1.82, 2.24) is 0 Å². The number of hydrogen-bond donors (Lipinski definition) is 3. The van der Waals surface area contributed by atoms with Crippen LogP contribution in [0.15, 0.2) is 23.1 Å². The lowest BCUT2D eigenvalue weighted by molar-refractivity contribution is -0.136. The largest absolute Gasteiger partial charge is 0.507 e. The van der Waals surface area contributed by atoms with Gasteiger partial charge in [0.1, 0.15) is 5.75 Å². The van der Waals surface area contributed by atoms with Crippen LogP contribution in [0.25, 0.3) is 0 Å². The topological polar surface area (TPSA) is 57.5 Å². The molecule has 3 nitrogen and oxygen atoms in total. The zero-order valence-corrected chi connectivity index (χ0v) is 7.08. The average Bonchev–Trinajstić information content (AvgIpc) is 1.98. The van der Waals surface area contributed by atoms with Crippen LogP contribution in [-0.2, 0) is 11.2 Å². The molecule has 0 aromatic heterocycles. The number of aromatic hydroxyl groups is 1. The van der Waals surface area contributed by atoms with Gasteiger partial charge in [-0.2, -0.15) is 0 Å². The molecule has 0 atom stereocenters. The summed E-state index contributed by atoms with van der Waals surface area (Å²) in [6.07, 6.45) is -0.118. The van der Waals surface area contributed by atoms with Gasteiger partial charge in [0, 0.05) is 4.90 Å². The Morgan fingerprint density at radius 2 is 2.17 bits per heavy atom. The van der Waals surface area contributed by atoms with Gasteiger partial charge >= 0.3 is 5.97 Å². The zero-order chi connectivity index (χ0) is 9.14. The van der Waals surface area contributed by atoms with Crippen LogP contribution in [0.1, 0.15) is 5.56 Å². The number of rotatable bonds is 2. The molecule has 0 amide bonds. The van der Waals surface area contributed by atoms with Gasteiger partial charge in [-0.05, 0) is 11.6 Å². The Balaban J connectivity index is 3.00. The molecular weight excluding hydrogens is 176 g/mol. The molecule has 0 unspecified atom stereocenters. The first-order valence-corrected chi connectivity index (χ1v) is 3.77. The summed E-state index contributed by atoms with van der Waals surface area (Å²) in [5.74, 6) is -0.923. The first-order valence-electron chi connectivity index (χ1n) is 3.33. The van der Waals surface area contributed by atoms with Gasteiger partial charge in [-0.3, -0.25) is 4.79 Å². The Labute approximate surface area is 75.1 Å². The van der Waals surface area contributed by atoms with Crippen LogP contribution in [-0.4, -0.2) is 16.2 Å². The van der Waals surface area contributed by atoms with Crippen molar-refractivity contribution in [3.8, 4) is 5.75 Å². The van der Waals surface area contributed by atoms with Crippen LogP contribution in [0.2, 0.25) is 0 Å². The standard InChI is InChI=1S/C8H8O3S/c9-6-3-1-2-5(8(6)12)4-7(10)11/h1-3,9,12H,4H2,(H,10,11). The molecule has 4 heteroatoms. The van der Waals surface area contributed by atoms with Crippen molar-refractivity contribution in [2.75, 3.05) is 0 Å². The van der Waals surface area contributed by atoms with Crippen molar-refractivity contribution < 1.29 is 15.0 Å². The van der Waals surface area contributed by atoms with E-state index in [9.17, 15) is 4.79 Å². The van der Waals surface area contributed by atoms with E-state index in [4.69, 9.17) is 10.2 Å². The number of aliphatic carboxylic acids is 1. The molecule has 0 fully saturated rings. The maximum absolute atomic E-state index is 10.3. The summed E-state index contributed by atoms with van der Waals surface area (Å²) in [4.78, 5) is 10.6. The third-order valence-electron chi connectivity index (χ3n) is 1.44. The lowest BCUT2D eigenvalue weighted by Crippen LogP contribution is -2.00. The van der Waals surface area contributed by atoms with E-state index in [0.717, 1.165) is 0 Å². The first kappa shape index (κ1) is 8.93. The average molecular weight is 184 g/mol. The summed E-state index contributed by atoms with van der Waals surface area (Å²) in [7, 11) is 0. The number of phenols is 1. The highest BCUT2D eigenvalue weighted by molar-refractivity contribution is 7.80. The van der Waals surface area contributed by atoms with E-state index in [-0.39, 0.29) is 12.2 Å². The highest BCUT2D eigenvalue weighted by Crippen LogP contribution is 2.24. The van der Waals surface area contributed by atoms with Crippen LogP contribution in [0.5, 0.6) is 5.75 Å². The molecule has 0 spiro atoms. The second-order valence-corrected chi connectivity index (χ2v) is 2.80. The number of phenolic OH excluding ortho intramolecular Hbond substituents is 1. The highest BCUT2D eigenvalue weighted by atomic mass is 32.1. The molecule has 1 aromatic rings. The van der Waals surface area contributed by atoms with Gasteiger partial charge in [0.15, 0.2) is 0 Å². The zero-order valence-electron chi connectivity index (χ0n) is 6.19. The number of hydrogen-bond acceptors (Lipinski definition) is 3. The van der Waals surface area contributed by atoms with Crippen molar-refractivity contribution in [3.05, 3.63) is 23.8 Å². The second-order valence-electron chi connectivity index (χ2n) is 2.36. The minimum absolute atomic E-state index is 0.0112. The molecule has 0 heterocycles. The Morgan fingerprint density at radius 3 is 2.75 bits per heavy atom. The lowest BCUT2D eigenvalue weighted by Gasteiger charge is -2.02. The Morgan fingerprint density at radius 1 is 1.50 bits per heavy atom. The van der Waals surface area contributed by atoms with Crippen molar-refractivity contribution in [1.29, 1.82) is 0 Å². The summed E-state index contributed by atoms with van der Waals surface area (Å²) in [5.41, 5.74) is 0.519. The minimum Gasteiger partial charge on any atom is -0.507 e. The van der Waals surface area contributed by atoms with Crippen molar-refractivity contribution in [2.45, 2.75) is 11.3 Å². The quantitative estimate of drug-likeness (QED) is 0.607. The molecule has 1 rings (SSSR count). The van der Waals surface area contributed by atoms with Crippen LogP contribution in [0.4, 0.5) is 0 Å². The molecule has 0 saturated heterocycles. The first-order chi connectivity index (χ1) is 5.61. The summed E-state index contributed by atoms with van der Waals surface area (Å²) in [6.45, 7) is 0. The van der Waals surface area contributed by atoms with Crippen LogP contribution in [0, 0.1) is 0 Å². The SMILES string of the molecule is O=C(O)Cc1cccc(O)c1S. The van der Waals surface area contributed by atoms with E-state index < -0.39 is 5.97 Å². The molecule has 0 radical (unpaired) electrons. The molecule has 0 bridgehead atoms. The van der Waals surface area contributed by atoms with Crippen LogP contribution >= 0.6 is 12.6 Å². The fourth-order valence-corrected chi connectivity index (χ4v) is 1.11. The van der Waals surface area contributed by atoms with E-state index in [0.29, 0.717) is 10.5 Å². The highest BCUT2D eigenvalue weighted by Gasteiger charge is 2.06. The molecule has 0 saturated carbocycles. The van der Waals surface area contributed by atoms with Gasteiger partial charge in [0.05, 0.1) is 6.42 Å². The Hall–Kier alpha value is -1.16. The molecule has 0 aliphatic heterocycles. The lowest BCUT2D eigenvalue weighted by atomic mass is 10.1. The summed E-state index contributed by atoms with van der Waals surface area (Å²) in [5, 5.41) is 17.6. The van der Waals surface area contributed by atoms with E-state index in [2.05, 4.69) is 12.6 Å². The van der Waals surface area contributed by atoms with Gasteiger partial charge in [0.2, 0.25) is 0 Å². The van der Waals surface area contributed by atoms with E-state index in [1.54, 1.807) is 12.1 Å². The minimum atomic E-state index is -0.934. The van der Waals surface area contributed by atoms with Gasteiger partial charge in [0.25, 0.3) is 0 Å². The molecule has 0 aliphatic carbocycles. The number of carboxylic acid groups (broad SMARTS) is 1. The molecule has 0 aliphatic rings. The van der Waals surface area contributed by atoms with Crippen molar-refractivity contribution >= 4 is 18.6 Å². The molecular formula is C8H8O3S. The normalized spacial score (nSPS) is 9.75. The van der Waals surface area contributed by atoms with E-state index >= 15 is 0 Å². The van der Waals surface area contributed by atoms with Gasteiger partial charge in [-0.15, -0.1) is 12.6 Å². The van der Waals surface area contributed by atoms with Crippen molar-refractivity contribution in [2.24, 2.45) is 0 Å². The maximum Gasteiger partial charge on any atom is 0.307 e. The van der Waals surface area contributed by atoms with Gasteiger partial charge < -0.3 is 10.2 Å². The molecule has 2 N–H and O–H groups in total. The van der Waals surface area contributed by atoms with E-state index in [1.807, 2.05) is 0 Å². The molecule has 12 heavy (non-hydrogen) atoms. The van der Waals surface area contributed by atoms with Crippen LogP contribution < -0.4 is 0 Å². The number of thiol groups is 1. The van der Waals surface area contributed by atoms with Gasteiger partial charge in [-0.1, -0.05) is 12.1 Å². The van der Waals surface area contributed by atoms with E-state index in [1.165, 1.54) is 6.07 Å². The van der Waals surface area contributed by atoms with Crippen molar-refractivity contribution in [3.63, 3.8) is 0 Å². The van der Waals surface area contributed by atoms with Crippen LogP contribution in [0.3, 0.4) is 0 Å². The molecule has 1 aromatic carbocycles. The Kier molecular flexibility index (Phi) is 2.60. The summed E-state index contributed by atoms with van der Waals surface area (Å²) in [6, 6.07) is 4.68. The number of carboxylic acids is 1. The maximum atomic E-state index is 10.3. The number of carbonyl (C=O) groups is 1. The summed E-state index contributed by atoms with van der Waals surface area (Å²) >= 11 is 3.97. The second kappa shape index (κ2) is 3.49. The predicted molar refractivity (Wildman–Crippen MR) is 46.7 cm³/mol. The Bertz CT molecular complexity index is 309. The number of benzene rings is 1. The third kappa shape index (κ3) is 1.92. The predicted octanol–water partition coefficient (Wildman–Crippen LogP) is 1.31.